The summed E-state index contributed by atoms with van der Waals surface area (Å²) in [5.74, 6) is 1.72. The molecule has 6 heteroatoms. The Balaban J connectivity index is 2.15. The molecule has 0 aliphatic carbocycles. The highest BCUT2D eigenvalue weighted by Crippen LogP contribution is 2.32. The summed E-state index contributed by atoms with van der Waals surface area (Å²) >= 11 is 0. The number of anilines is 1. The minimum Gasteiger partial charge on any atom is -0.493 e. The number of rotatable bonds is 3. The van der Waals surface area contributed by atoms with Crippen molar-refractivity contribution in [3.05, 3.63) is 42.6 Å². The van der Waals surface area contributed by atoms with E-state index in [1.54, 1.807) is 25.7 Å². The third-order valence-corrected chi connectivity index (χ3v) is 3.17. The van der Waals surface area contributed by atoms with Gasteiger partial charge in [0, 0.05) is 29.7 Å². The maximum atomic E-state index is 5.76. The van der Waals surface area contributed by atoms with Gasteiger partial charge in [-0.1, -0.05) is 0 Å². The van der Waals surface area contributed by atoms with E-state index in [0.717, 1.165) is 28.3 Å². The molecule has 3 aromatic rings. The van der Waals surface area contributed by atoms with Crippen LogP contribution in [0.2, 0.25) is 0 Å². The predicted octanol–water partition coefficient (Wildman–Crippen LogP) is 2.43. The first-order chi connectivity index (χ1) is 10.2. The number of methoxy groups -OCH3 is 1. The Morgan fingerprint density at radius 3 is 2.67 bits per heavy atom. The van der Waals surface area contributed by atoms with E-state index < -0.39 is 0 Å². The number of nitrogens with zero attached hydrogens (tertiary/aromatic N) is 3. The van der Waals surface area contributed by atoms with Gasteiger partial charge in [0.2, 0.25) is 0 Å². The first kappa shape index (κ1) is 13.1. The predicted molar refractivity (Wildman–Crippen MR) is 80.8 cm³/mol. The Hall–Kier alpha value is -2.89. The van der Waals surface area contributed by atoms with E-state index in [0.29, 0.717) is 11.6 Å². The van der Waals surface area contributed by atoms with E-state index in [1.165, 1.54) is 0 Å². The van der Waals surface area contributed by atoms with Crippen molar-refractivity contribution in [2.75, 3.05) is 12.8 Å². The lowest BCUT2D eigenvalue weighted by Gasteiger charge is -2.07. The molecule has 0 amide bonds. The molecule has 3 aromatic heterocycles. The van der Waals surface area contributed by atoms with Gasteiger partial charge in [-0.05, 0) is 25.1 Å². The van der Waals surface area contributed by atoms with Crippen molar-refractivity contribution in [3.63, 3.8) is 0 Å². The fourth-order valence-corrected chi connectivity index (χ4v) is 2.18. The Morgan fingerprint density at radius 2 is 1.95 bits per heavy atom. The first-order valence-corrected chi connectivity index (χ1v) is 6.46. The number of hydrogen-bond donors (Lipinski definition) is 2. The van der Waals surface area contributed by atoms with Crippen LogP contribution in [0, 0.1) is 6.92 Å². The molecule has 0 bridgehead atoms. The minimum atomic E-state index is 0.360. The monoisotopic (exact) mass is 281 g/mol. The second-order valence-electron chi connectivity index (χ2n) is 4.59. The standard InChI is InChI=1S/C15H15N5O/c1-9-19-13(10-3-5-17-6-4-10)14(20-9)11-7-12(21-2)15(16)18-8-11/h3-8H,1-2H3,(H2,16,18)(H,19,20). The maximum absolute atomic E-state index is 5.76. The van der Waals surface area contributed by atoms with Crippen molar-refractivity contribution in [2.45, 2.75) is 6.92 Å². The number of ether oxygens (including phenoxy) is 1. The zero-order valence-corrected chi connectivity index (χ0v) is 11.8. The summed E-state index contributed by atoms with van der Waals surface area (Å²) in [6.07, 6.45) is 5.19. The molecule has 0 aliphatic heterocycles. The highest BCUT2D eigenvalue weighted by atomic mass is 16.5. The Morgan fingerprint density at radius 1 is 1.19 bits per heavy atom. The molecular weight excluding hydrogens is 266 g/mol. The van der Waals surface area contributed by atoms with Crippen LogP contribution in [0.25, 0.3) is 22.5 Å². The van der Waals surface area contributed by atoms with Gasteiger partial charge in [-0.15, -0.1) is 0 Å². The van der Waals surface area contributed by atoms with Gasteiger partial charge in [0.1, 0.15) is 5.82 Å². The molecular formula is C15H15N5O. The average molecular weight is 281 g/mol. The smallest absolute Gasteiger partial charge is 0.166 e. The van der Waals surface area contributed by atoms with Crippen LogP contribution in [0.5, 0.6) is 5.75 Å². The van der Waals surface area contributed by atoms with Crippen molar-refractivity contribution in [1.82, 2.24) is 19.9 Å². The molecule has 0 fully saturated rings. The van der Waals surface area contributed by atoms with Crippen LogP contribution < -0.4 is 10.5 Å². The summed E-state index contributed by atoms with van der Waals surface area (Å²) in [6, 6.07) is 5.69. The second kappa shape index (κ2) is 5.24. The molecule has 0 unspecified atom stereocenters. The van der Waals surface area contributed by atoms with Gasteiger partial charge in [-0.25, -0.2) is 9.97 Å². The molecule has 0 spiro atoms. The van der Waals surface area contributed by atoms with Crippen molar-refractivity contribution >= 4 is 5.82 Å². The molecule has 0 aromatic carbocycles. The quantitative estimate of drug-likeness (QED) is 0.769. The van der Waals surface area contributed by atoms with Crippen molar-refractivity contribution in [1.29, 1.82) is 0 Å². The average Bonchev–Trinajstić information content (AvgIpc) is 2.90. The number of H-pyrrole nitrogens is 1. The van der Waals surface area contributed by atoms with Crippen molar-refractivity contribution in [3.8, 4) is 28.3 Å². The number of hydrogen-bond acceptors (Lipinski definition) is 5. The van der Waals surface area contributed by atoms with Crippen molar-refractivity contribution < 1.29 is 4.74 Å². The number of aromatic amines is 1. The van der Waals surface area contributed by atoms with Crippen LogP contribution in [0.4, 0.5) is 5.82 Å². The van der Waals surface area contributed by atoms with Gasteiger partial charge in [-0.3, -0.25) is 4.98 Å². The molecule has 0 atom stereocenters. The van der Waals surface area contributed by atoms with Crippen LogP contribution in [0.15, 0.2) is 36.8 Å². The zero-order valence-electron chi connectivity index (χ0n) is 11.8. The van der Waals surface area contributed by atoms with Gasteiger partial charge < -0.3 is 15.5 Å². The van der Waals surface area contributed by atoms with Crippen LogP contribution >= 0.6 is 0 Å². The normalized spacial score (nSPS) is 10.6. The van der Waals surface area contributed by atoms with E-state index in [1.807, 2.05) is 25.1 Å². The number of nitrogen functional groups attached to an aromatic ring is 1. The summed E-state index contributed by atoms with van der Waals surface area (Å²) in [5, 5.41) is 0. The number of imidazole rings is 1. The molecule has 106 valence electrons. The largest absolute Gasteiger partial charge is 0.493 e. The fourth-order valence-electron chi connectivity index (χ4n) is 2.18. The lowest BCUT2D eigenvalue weighted by molar-refractivity contribution is 0.415. The zero-order chi connectivity index (χ0) is 14.8. The fraction of sp³-hybridized carbons (Fsp3) is 0.133. The Labute approximate surface area is 122 Å². The van der Waals surface area contributed by atoms with E-state index in [-0.39, 0.29) is 0 Å². The topological polar surface area (TPSA) is 89.7 Å². The summed E-state index contributed by atoms with van der Waals surface area (Å²) in [4.78, 5) is 16.0. The number of nitrogens with one attached hydrogen (secondary N) is 1. The van der Waals surface area contributed by atoms with Gasteiger partial charge in [-0.2, -0.15) is 0 Å². The van der Waals surface area contributed by atoms with Crippen LogP contribution in [0.1, 0.15) is 5.82 Å². The van der Waals surface area contributed by atoms with Crippen LogP contribution in [0.3, 0.4) is 0 Å². The van der Waals surface area contributed by atoms with Crippen LogP contribution in [-0.2, 0) is 0 Å². The molecule has 6 nitrogen and oxygen atoms in total. The third-order valence-electron chi connectivity index (χ3n) is 3.17. The second-order valence-corrected chi connectivity index (χ2v) is 4.59. The lowest BCUT2D eigenvalue weighted by atomic mass is 10.1. The molecule has 0 saturated carbocycles. The van der Waals surface area contributed by atoms with Crippen LogP contribution in [-0.4, -0.2) is 27.0 Å². The molecule has 0 saturated heterocycles. The molecule has 3 rings (SSSR count). The maximum Gasteiger partial charge on any atom is 0.166 e. The van der Waals surface area contributed by atoms with Gasteiger partial charge >= 0.3 is 0 Å². The van der Waals surface area contributed by atoms with E-state index in [2.05, 4.69) is 19.9 Å². The lowest BCUT2D eigenvalue weighted by Crippen LogP contribution is -1.96. The molecule has 3 N–H and O–H groups in total. The van der Waals surface area contributed by atoms with E-state index in [9.17, 15) is 0 Å². The van der Waals surface area contributed by atoms with Crippen molar-refractivity contribution in [2.24, 2.45) is 0 Å². The first-order valence-electron chi connectivity index (χ1n) is 6.46. The SMILES string of the molecule is COc1cc(-c2nc(C)[nH]c2-c2ccncc2)cnc1N. The molecule has 0 radical (unpaired) electrons. The van der Waals surface area contributed by atoms with E-state index in [4.69, 9.17) is 10.5 Å². The highest BCUT2D eigenvalue weighted by Gasteiger charge is 2.14. The van der Waals surface area contributed by atoms with E-state index >= 15 is 0 Å². The number of aromatic nitrogens is 4. The number of pyridine rings is 2. The highest BCUT2D eigenvalue weighted by molar-refractivity contribution is 5.79. The van der Waals surface area contributed by atoms with Gasteiger partial charge in [0.15, 0.2) is 11.6 Å². The molecule has 21 heavy (non-hydrogen) atoms. The van der Waals surface area contributed by atoms with Gasteiger partial charge in [0.05, 0.1) is 18.5 Å². The summed E-state index contributed by atoms with van der Waals surface area (Å²) in [6.45, 7) is 1.91. The Kier molecular flexibility index (Phi) is 3.27. The minimum absolute atomic E-state index is 0.360. The molecule has 0 aliphatic rings. The Bertz CT molecular complexity index is 767. The number of nitrogens with two attached hydrogens (primary N) is 1. The summed E-state index contributed by atoms with van der Waals surface area (Å²) in [7, 11) is 1.57. The third kappa shape index (κ3) is 2.43. The summed E-state index contributed by atoms with van der Waals surface area (Å²) < 4.78 is 5.22. The number of aryl methyl sites for hydroxylation is 1. The summed E-state index contributed by atoms with van der Waals surface area (Å²) in [5.41, 5.74) is 9.34. The van der Waals surface area contributed by atoms with Gasteiger partial charge in [0.25, 0.3) is 0 Å². The molecule has 3 heterocycles.